The summed E-state index contributed by atoms with van der Waals surface area (Å²) in [5.41, 5.74) is -3.65. The molecule has 0 aliphatic heterocycles. The number of carbonyl (C=O) groups is 2. The molecule has 0 saturated carbocycles. The Kier molecular flexibility index (Phi) is 9.13. The second-order valence-electron chi connectivity index (χ2n) is 8.79. The molecule has 0 aliphatic rings. The average molecular weight is 680 g/mol. The lowest BCUT2D eigenvalue weighted by atomic mass is 10.1. The van der Waals surface area contributed by atoms with Gasteiger partial charge in [-0.15, -0.1) is 0 Å². The summed E-state index contributed by atoms with van der Waals surface area (Å²) in [6.07, 6.45) is -4.78. The molecular weight excluding hydrogens is 666 g/mol. The van der Waals surface area contributed by atoms with E-state index < -0.39 is 94.3 Å². The largest absolute Gasteiger partial charge is 0.416 e. The molecule has 230 valence electrons. The van der Waals surface area contributed by atoms with Crippen LogP contribution in [0.4, 0.5) is 47.8 Å². The molecule has 0 bridgehead atoms. The molecule has 0 unspecified atom stereocenters. The van der Waals surface area contributed by atoms with Crippen molar-refractivity contribution >= 4 is 62.1 Å². The van der Waals surface area contributed by atoms with Crippen LogP contribution in [0.1, 0.15) is 26.3 Å². The fraction of sp³-hybridized carbons (Fsp3) is 0.0370. The minimum absolute atomic E-state index is 0.360. The molecule has 3 N–H and O–H groups in total. The number of halogens is 9. The molecule has 17 heteroatoms. The first-order valence-corrected chi connectivity index (χ1v) is 14.0. The minimum Gasteiger partial charge on any atom is -0.320 e. The van der Waals surface area contributed by atoms with Crippen molar-refractivity contribution in [2.75, 3.05) is 15.4 Å². The van der Waals surface area contributed by atoms with Gasteiger partial charge < -0.3 is 10.6 Å². The standard InChI is InChI=1S/C27H14Cl2F7N3O4S/c28-17-10-21(32)19(30)8-15(17)25(40)37-23-5-4-14(44(42,43)39-13-3-1-2-12(6-13)27(34,35)36)7-24(23)38-26(41)16-9-20(31)22(33)11-18(16)29/h1-11,39H,(H,37,40)(H,38,41). The predicted molar refractivity (Wildman–Crippen MR) is 147 cm³/mol. The molecule has 7 nitrogen and oxygen atoms in total. The molecule has 0 saturated heterocycles. The van der Waals surface area contributed by atoms with Crippen molar-refractivity contribution in [2.24, 2.45) is 0 Å². The van der Waals surface area contributed by atoms with Gasteiger partial charge in [-0.05, 0) is 60.7 Å². The first-order valence-electron chi connectivity index (χ1n) is 11.7. The quantitative estimate of drug-likeness (QED) is 0.137. The van der Waals surface area contributed by atoms with E-state index in [4.69, 9.17) is 23.2 Å². The predicted octanol–water partition coefficient (Wildman–Crippen LogP) is 7.87. The molecular formula is C27H14Cl2F7N3O4S. The van der Waals surface area contributed by atoms with Crippen molar-refractivity contribution in [3.63, 3.8) is 0 Å². The first kappa shape index (κ1) is 32.6. The molecule has 0 aromatic heterocycles. The number of anilines is 3. The number of benzene rings is 4. The Morgan fingerprint density at radius 2 is 1.16 bits per heavy atom. The van der Waals surface area contributed by atoms with E-state index in [1.165, 1.54) is 0 Å². The molecule has 0 spiro atoms. The Morgan fingerprint density at radius 1 is 0.659 bits per heavy atom. The van der Waals surface area contributed by atoms with Crippen molar-refractivity contribution in [3.8, 4) is 0 Å². The van der Waals surface area contributed by atoms with E-state index in [9.17, 15) is 48.7 Å². The van der Waals surface area contributed by atoms with Crippen LogP contribution in [0.15, 0.2) is 71.6 Å². The van der Waals surface area contributed by atoms with Crippen molar-refractivity contribution in [2.45, 2.75) is 11.1 Å². The van der Waals surface area contributed by atoms with Gasteiger partial charge in [0.2, 0.25) is 0 Å². The van der Waals surface area contributed by atoms with Crippen molar-refractivity contribution in [1.82, 2.24) is 0 Å². The van der Waals surface area contributed by atoms with Crippen LogP contribution in [0.3, 0.4) is 0 Å². The molecule has 44 heavy (non-hydrogen) atoms. The van der Waals surface area contributed by atoms with E-state index >= 15 is 0 Å². The van der Waals surface area contributed by atoms with Crippen molar-refractivity contribution in [1.29, 1.82) is 0 Å². The maximum atomic E-state index is 13.8. The van der Waals surface area contributed by atoms with Gasteiger partial charge in [-0.3, -0.25) is 14.3 Å². The SMILES string of the molecule is O=C(Nc1ccc(S(=O)(=O)Nc2cccc(C(F)(F)F)c2)cc1NC(=O)c1cc(F)c(F)cc1Cl)c1cc(F)c(F)cc1Cl. The van der Waals surface area contributed by atoms with Gasteiger partial charge in [0.1, 0.15) is 0 Å². The normalized spacial score (nSPS) is 11.7. The van der Waals surface area contributed by atoms with Crippen LogP contribution in [-0.2, 0) is 16.2 Å². The Hall–Kier alpha value is -4.34. The number of hydrogen-bond donors (Lipinski definition) is 3. The molecule has 0 radical (unpaired) electrons. The summed E-state index contributed by atoms with van der Waals surface area (Å²) < 4.78 is 122. The lowest BCUT2D eigenvalue weighted by molar-refractivity contribution is -0.137. The number of alkyl halides is 3. The number of hydrogen-bond acceptors (Lipinski definition) is 4. The zero-order valence-electron chi connectivity index (χ0n) is 21.3. The molecule has 4 aromatic rings. The fourth-order valence-electron chi connectivity index (χ4n) is 3.65. The van der Waals surface area contributed by atoms with Gasteiger partial charge in [-0.2, -0.15) is 13.2 Å². The van der Waals surface area contributed by atoms with Crippen molar-refractivity contribution < 1.29 is 48.7 Å². The monoisotopic (exact) mass is 679 g/mol. The Balaban J connectivity index is 1.75. The van der Waals surface area contributed by atoms with Gasteiger partial charge in [0.05, 0.1) is 43.0 Å². The maximum absolute atomic E-state index is 13.8. The third-order valence-corrected chi connectivity index (χ3v) is 7.75. The third-order valence-electron chi connectivity index (χ3n) is 5.75. The summed E-state index contributed by atoms with van der Waals surface area (Å²) in [4.78, 5) is 25.1. The highest BCUT2D eigenvalue weighted by Gasteiger charge is 2.31. The molecule has 2 amide bonds. The number of nitrogens with one attached hydrogen (secondary N) is 3. The smallest absolute Gasteiger partial charge is 0.320 e. The van der Waals surface area contributed by atoms with Gasteiger partial charge in [0.25, 0.3) is 21.8 Å². The summed E-state index contributed by atoms with van der Waals surface area (Å²) >= 11 is 11.7. The average Bonchev–Trinajstić information content (AvgIpc) is 2.92. The third kappa shape index (κ3) is 7.23. The highest BCUT2D eigenvalue weighted by Crippen LogP contribution is 2.33. The van der Waals surface area contributed by atoms with Crippen LogP contribution in [0.2, 0.25) is 10.0 Å². The van der Waals surface area contributed by atoms with E-state index in [-0.39, 0.29) is 5.69 Å². The Bertz CT molecular complexity index is 1920. The molecule has 0 atom stereocenters. The fourth-order valence-corrected chi connectivity index (χ4v) is 5.20. The summed E-state index contributed by atoms with van der Waals surface area (Å²) in [5, 5.41) is 3.35. The van der Waals surface area contributed by atoms with Gasteiger partial charge in [0, 0.05) is 5.69 Å². The number of sulfonamides is 1. The topological polar surface area (TPSA) is 104 Å². The second-order valence-corrected chi connectivity index (χ2v) is 11.3. The molecule has 0 aliphatic carbocycles. The summed E-state index contributed by atoms with van der Waals surface area (Å²) in [5.74, 6) is -7.98. The zero-order valence-corrected chi connectivity index (χ0v) is 23.6. The van der Waals surface area contributed by atoms with E-state index in [1.54, 1.807) is 0 Å². The minimum atomic E-state index is -4.78. The molecule has 0 fully saturated rings. The molecule has 4 rings (SSSR count). The van der Waals surface area contributed by atoms with E-state index in [0.717, 1.165) is 30.3 Å². The van der Waals surface area contributed by atoms with Gasteiger partial charge >= 0.3 is 6.18 Å². The van der Waals surface area contributed by atoms with E-state index in [0.29, 0.717) is 36.4 Å². The zero-order chi connectivity index (χ0) is 32.6. The lowest BCUT2D eigenvalue weighted by Gasteiger charge is -2.16. The second kappa shape index (κ2) is 12.3. The highest BCUT2D eigenvalue weighted by atomic mass is 35.5. The van der Waals surface area contributed by atoms with Crippen LogP contribution < -0.4 is 15.4 Å². The number of carbonyl (C=O) groups excluding carboxylic acids is 2. The number of amides is 2. The summed E-state index contributed by atoms with van der Waals surface area (Å²) in [6, 6.07) is 7.79. The van der Waals surface area contributed by atoms with E-state index in [2.05, 4.69) is 10.6 Å². The molecule has 4 aromatic carbocycles. The first-order chi connectivity index (χ1) is 20.5. The van der Waals surface area contributed by atoms with Crippen LogP contribution >= 0.6 is 23.2 Å². The Morgan fingerprint density at radius 3 is 1.68 bits per heavy atom. The van der Waals surface area contributed by atoms with Gasteiger partial charge in [0.15, 0.2) is 23.3 Å². The van der Waals surface area contributed by atoms with E-state index in [1.807, 2.05) is 4.72 Å². The summed E-state index contributed by atoms with van der Waals surface area (Å²) in [7, 11) is -4.66. The maximum Gasteiger partial charge on any atom is 0.416 e. The Labute approximate surface area is 253 Å². The van der Waals surface area contributed by atoms with Crippen LogP contribution in [0.25, 0.3) is 0 Å². The lowest BCUT2D eigenvalue weighted by Crippen LogP contribution is -2.19. The van der Waals surface area contributed by atoms with Crippen LogP contribution in [0.5, 0.6) is 0 Å². The van der Waals surface area contributed by atoms with Gasteiger partial charge in [-0.25, -0.2) is 26.0 Å². The van der Waals surface area contributed by atoms with Crippen LogP contribution in [0, 0.1) is 23.3 Å². The van der Waals surface area contributed by atoms with Crippen LogP contribution in [-0.4, -0.2) is 20.2 Å². The summed E-state index contributed by atoms with van der Waals surface area (Å²) in [6.45, 7) is 0. The van der Waals surface area contributed by atoms with Gasteiger partial charge in [-0.1, -0.05) is 29.3 Å². The van der Waals surface area contributed by atoms with Crippen molar-refractivity contribution in [3.05, 3.63) is 117 Å². The number of rotatable bonds is 7. The molecule has 0 heterocycles. The highest BCUT2D eigenvalue weighted by molar-refractivity contribution is 7.92.